The van der Waals surface area contributed by atoms with Crippen molar-refractivity contribution >= 4 is 17.7 Å². The molecule has 0 spiro atoms. The van der Waals surface area contributed by atoms with Crippen LogP contribution in [0.3, 0.4) is 0 Å². The van der Waals surface area contributed by atoms with Crippen molar-refractivity contribution in [1.82, 2.24) is 20.3 Å². The molecule has 3 aromatic rings. The fourth-order valence-corrected chi connectivity index (χ4v) is 3.55. The minimum absolute atomic E-state index is 0.0856. The van der Waals surface area contributed by atoms with Crippen LogP contribution in [-0.4, -0.2) is 65.4 Å². The van der Waals surface area contributed by atoms with Gasteiger partial charge < -0.3 is 19.6 Å². The number of hydrogen-bond donors (Lipinski definition) is 1. The van der Waals surface area contributed by atoms with Gasteiger partial charge in [-0.05, 0) is 24.6 Å². The van der Waals surface area contributed by atoms with Crippen molar-refractivity contribution in [2.45, 2.75) is 6.92 Å². The quantitative estimate of drug-likeness (QED) is 0.645. The lowest BCUT2D eigenvalue weighted by Crippen LogP contribution is -2.52. The summed E-state index contributed by atoms with van der Waals surface area (Å²) in [5, 5.41) is 6.33. The molecule has 1 aliphatic rings. The Hall–Kier alpha value is -4.01. The number of amides is 3. The van der Waals surface area contributed by atoms with Crippen LogP contribution in [-0.2, 0) is 4.79 Å². The van der Waals surface area contributed by atoms with E-state index in [1.807, 2.05) is 30.3 Å². The maximum Gasteiger partial charge on any atom is 0.273 e. The van der Waals surface area contributed by atoms with E-state index in [-0.39, 0.29) is 29.6 Å². The van der Waals surface area contributed by atoms with Gasteiger partial charge in [0.1, 0.15) is 5.82 Å². The molecule has 2 aromatic carbocycles. The molecule has 0 atom stereocenters. The Bertz CT molecular complexity index is 1170. The number of nitrogens with zero attached hydrogens (tertiary/aromatic N) is 3. The van der Waals surface area contributed by atoms with Gasteiger partial charge in [-0.3, -0.25) is 14.4 Å². The number of aryl methyl sites for hydroxylation is 1. The van der Waals surface area contributed by atoms with Crippen LogP contribution in [0, 0.1) is 12.7 Å². The smallest absolute Gasteiger partial charge is 0.273 e. The monoisotopic (exact) mass is 450 g/mol. The molecular formula is C24H23FN4O4. The maximum atomic E-state index is 13.8. The molecule has 1 fully saturated rings. The van der Waals surface area contributed by atoms with E-state index in [1.165, 1.54) is 12.1 Å². The van der Waals surface area contributed by atoms with E-state index < -0.39 is 11.7 Å². The Kier molecular flexibility index (Phi) is 6.48. The van der Waals surface area contributed by atoms with Gasteiger partial charge in [-0.15, -0.1) is 0 Å². The summed E-state index contributed by atoms with van der Waals surface area (Å²) in [7, 11) is 0. The molecule has 170 valence electrons. The Morgan fingerprint density at radius 1 is 1.00 bits per heavy atom. The summed E-state index contributed by atoms with van der Waals surface area (Å²) in [4.78, 5) is 40.6. The largest absolute Gasteiger partial charge is 0.355 e. The first-order chi connectivity index (χ1) is 15.9. The van der Waals surface area contributed by atoms with Crippen LogP contribution in [0.1, 0.15) is 26.4 Å². The molecule has 1 saturated heterocycles. The predicted octanol–water partition coefficient (Wildman–Crippen LogP) is 2.50. The van der Waals surface area contributed by atoms with Crippen LogP contribution in [0.25, 0.3) is 11.3 Å². The minimum Gasteiger partial charge on any atom is -0.355 e. The second-order valence-electron chi connectivity index (χ2n) is 7.76. The summed E-state index contributed by atoms with van der Waals surface area (Å²) in [6.07, 6.45) is 0. The zero-order valence-corrected chi connectivity index (χ0v) is 18.1. The molecule has 33 heavy (non-hydrogen) atoms. The van der Waals surface area contributed by atoms with Crippen molar-refractivity contribution < 1.29 is 23.3 Å². The van der Waals surface area contributed by atoms with E-state index in [2.05, 4.69) is 10.5 Å². The Morgan fingerprint density at radius 3 is 2.39 bits per heavy atom. The molecule has 4 rings (SSSR count). The molecule has 0 bridgehead atoms. The molecule has 1 N–H and O–H groups in total. The summed E-state index contributed by atoms with van der Waals surface area (Å²) in [6.45, 7) is 2.77. The van der Waals surface area contributed by atoms with Crippen LogP contribution in [0.5, 0.6) is 0 Å². The molecule has 1 aliphatic heterocycles. The summed E-state index contributed by atoms with van der Waals surface area (Å²) in [6, 6.07) is 15.2. The second-order valence-corrected chi connectivity index (χ2v) is 7.76. The van der Waals surface area contributed by atoms with Gasteiger partial charge in [0.15, 0.2) is 11.5 Å². The van der Waals surface area contributed by atoms with Crippen LogP contribution in [0.2, 0.25) is 0 Å². The third-order valence-electron chi connectivity index (χ3n) is 5.54. The third kappa shape index (κ3) is 5.08. The lowest BCUT2D eigenvalue weighted by Gasteiger charge is -2.34. The number of halogens is 1. The Labute approximate surface area is 190 Å². The van der Waals surface area contributed by atoms with Gasteiger partial charge in [-0.25, -0.2) is 4.39 Å². The highest BCUT2D eigenvalue weighted by molar-refractivity contribution is 5.96. The predicted molar refractivity (Wildman–Crippen MR) is 118 cm³/mol. The molecule has 0 radical (unpaired) electrons. The minimum atomic E-state index is -0.510. The van der Waals surface area contributed by atoms with Gasteiger partial charge in [0.05, 0.1) is 6.54 Å². The molecule has 8 nitrogen and oxygen atoms in total. The van der Waals surface area contributed by atoms with Crippen LogP contribution in [0.4, 0.5) is 4.39 Å². The van der Waals surface area contributed by atoms with Gasteiger partial charge in [0.25, 0.3) is 11.8 Å². The molecule has 2 heterocycles. The fraction of sp³-hybridized carbons (Fsp3) is 0.250. The van der Waals surface area contributed by atoms with Crippen LogP contribution in [0.15, 0.2) is 59.1 Å². The van der Waals surface area contributed by atoms with E-state index in [1.54, 1.807) is 28.9 Å². The summed E-state index contributed by atoms with van der Waals surface area (Å²) in [5.41, 5.74) is 1.64. The van der Waals surface area contributed by atoms with E-state index >= 15 is 0 Å². The topological polar surface area (TPSA) is 95.8 Å². The van der Waals surface area contributed by atoms with E-state index in [0.29, 0.717) is 37.5 Å². The van der Waals surface area contributed by atoms with Gasteiger partial charge in [0, 0.05) is 43.4 Å². The van der Waals surface area contributed by atoms with E-state index in [0.717, 1.165) is 5.56 Å². The highest BCUT2D eigenvalue weighted by atomic mass is 19.1. The summed E-state index contributed by atoms with van der Waals surface area (Å²) >= 11 is 0. The number of benzene rings is 2. The first-order valence-corrected chi connectivity index (χ1v) is 10.6. The highest BCUT2D eigenvalue weighted by Gasteiger charge is 2.25. The average Bonchev–Trinajstić information content (AvgIpc) is 3.35. The number of nitrogens with one attached hydrogen (secondary N) is 1. The second kappa shape index (κ2) is 9.64. The van der Waals surface area contributed by atoms with Gasteiger partial charge in [0.2, 0.25) is 5.91 Å². The van der Waals surface area contributed by atoms with E-state index in [9.17, 15) is 18.8 Å². The zero-order valence-electron chi connectivity index (χ0n) is 18.1. The normalized spacial score (nSPS) is 13.6. The molecule has 0 aliphatic carbocycles. The lowest BCUT2D eigenvalue weighted by molar-refractivity contribution is -0.131. The number of carbonyl (C=O) groups excluding carboxylic acids is 3. The molecule has 1 aromatic heterocycles. The van der Waals surface area contributed by atoms with Crippen molar-refractivity contribution in [3.8, 4) is 11.3 Å². The van der Waals surface area contributed by atoms with Crippen molar-refractivity contribution in [2.24, 2.45) is 0 Å². The number of hydrogen-bond acceptors (Lipinski definition) is 5. The summed E-state index contributed by atoms with van der Waals surface area (Å²) < 4.78 is 19.0. The number of rotatable bonds is 5. The van der Waals surface area contributed by atoms with Crippen LogP contribution >= 0.6 is 0 Å². The van der Waals surface area contributed by atoms with E-state index in [4.69, 9.17) is 4.52 Å². The average molecular weight is 450 g/mol. The molecule has 9 heteroatoms. The van der Waals surface area contributed by atoms with Gasteiger partial charge >= 0.3 is 0 Å². The molecule has 0 saturated carbocycles. The first kappa shape index (κ1) is 22.2. The van der Waals surface area contributed by atoms with Gasteiger partial charge in [-0.2, -0.15) is 0 Å². The Balaban J connectivity index is 1.26. The van der Waals surface area contributed by atoms with Crippen molar-refractivity contribution in [1.29, 1.82) is 0 Å². The third-order valence-corrected chi connectivity index (χ3v) is 5.54. The highest BCUT2D eigenvalue weighted by Crippen LogP contribution is 2.19. The molecular weight excluding hydrogens is 427 g/mol. The number of carbonyl (C=O) groups is 3. The van der Waals surface area contributed by atoms with Gasteiger partial charge in [-0.1, -0.05) is 41.6 Å². The van der Waals surface area contributed by atoms with Crippen LogP contribution < -0.4 is 5.32 Å². The maximum absolute atomic E-state index is 13.8. The fourth-order valence-electron chi connectivity index (χ4n) is 3.55. The SMILES string of the molecule is Cc1ccc(C(=O)N2CCN(C(=O)CNC(=O)c3cc(-c4ccccc4)on3)CC2)cc1F. The van der Waals surface area contributed by atoms with Crippen molar-refractivity contribution in [3.63, 3.8) is 0 Å². The van der Waals surface area contributed by atoms with Crippen molar-refractivity contribution in [3.05, 3.63) is 77.2 Å². The van der Waals surface area contributed by atoms with Crippen molar-refractivity contribution in [2.75, 3.05) is 32.7 Å². The zero-order chi connectivity index (χ0) is 23.4. The number of aromatic nitrogens is 1. The first-order valence-electron chi connectivity index (χ1n) is 10.6. The molecule has 3 amide bonds. The number of piperazine rings is 1. The molecule has 0 unspecified atom stereocenters. The summed E-state index contributed by atoms with van der Waals surface area (Å²) in [5.74, 6) is -1.00. The standard InChI is InChI=1S/C24H23FN4O4/c1-16-7-8-18(13-19(16)25)24(32)29-11-9-28(10-12-29)22(30)15-26-23(31)20-14-21(33-27-20)17-5-3-2-4-6-17/h2-8,13-14H,9-12,15H2,1H3,(H,26,31). The Morgan fingerprint density at radius 2 is 1.70 bits per heavy atom. The lowest BCUT2D eigenvalue weighted by atomic mass is 10.1.